The third-order valence-electron chi connectivity index (χ3n) is 6.10. The molecule has 4 rings (SSSR count). The molecule has 0 aromatic heterocycles. The first kappa shape index (κ1) is 16.3. The van der Waals surface area contributed by atoms with Crippen molar-refractivity contribution in [3.05, 3.63) is 29.3 Å². The predicted octanol–water partition coefficient (Wildman–Crippen LogP) is 3.81. The quantitative estimate of drug-likeness (QED) is 0.781. The summed E-state index contributed by atoms with van der Waals surface area (Å²) in [5.74, 6) is 0.588. The van der Waals surface area contributed by atoms with E-state index in [2.05, 4.69) is 47.3 Å². The zero-order chi connectivity index (χ0) is 16.7. The van der Waals surface area contributed by atoms with Gasteiger partial charge in [0.25, 0.3) is 0 Å². The van der Waals surface area contributed by atoms with Crippen molar-refractivity contribution < 1.29 is 0 Å². The molecule has 1 aromatic carbocycles. The van der Waals surface area contributed by atoms with E-state index in [4.69, 9.17) is 12.2 Å². The Morgan fingerprint density at radius 2 is 1.96 bits per heavy atom. The van der Waals surface area contributed by atoms with E-state index in [-0.39, 0.29) is 0 Å². The minimum Gasteiger partial charge on any atom is -0.360 e. The van der Waals surface area contributed by atoms with Crippen molar-refractivity contribution in [2.45, 2.75) is 63.5 Å². The molecule has 130 valence electrons. The summed E-state index contributed by atoms with van der Waals surface area (Å²) >= 11 is 5.90. The third-order valence-corrected chi connectivity index (χ3v) is 6.42. The smallest absolute Gasteiger partial charge is 0.173 e. The molecule has 0 bridgehead atoms. The van der Waals surface area contributed by atoms with Crippen LogP contribution >= 0.6 is 12.2 Å². The Morgan fingerprint density at radius 3 is 2.75 bits per heavy atom. The number of thiocarbonyl (C=S) groups is 1. The highest BCUT2D eigenvalue weighted by molar-refractivity contribution is 7.80. The van der Waals surface area contributed by atoms with Crippen LogP contribution in [-0.4, -0.2) is 42.2 Å². The molecule has 24 heavy (non-hydrogen) atoms. The molecular formula is C20H29N3S. The molecule has 1 saturated carbocycles. The molecule has 1 saturated heterocycles. The SMILES string of the molecule is Cc1ccc2c(c1)[C@@H]1CN(C)CC[C@@H]1N2C(=S)NC1CCCCC1. The van der Waals surface area contributed by atoms with Crippen molar-refractivity contribution in [1.82, 2.24) is 10.2 Å². The molecule has 0 unspecified atom stereocenters. The lowest BCUT2D eigenvalue weighted by Crippen LogP contribution is -2.52. The first-order valence-corrected chi connectivity index (χ1v) is 9.93. The molecule has 4 heteroatoms. The molecular weight excluding hydrogens is 314 g/mol. The van der Waals surface area contributed by atoms with E-state index in [1.165, 1.54) is 55.3 Å². The summed E-state index contributed by atoms with van der Waals surface area (Å²) in [6.45, 7) is 4.50. The second kappa shape index (κ2) is 6.64. The van der Waals surface area contributed by atoms with Crippen LogP contribution in [0.5, 0.6) is 0 Å². The maximum Gasteiger partial charge on any atom is 0.173 e. The highest BCUT2D eigenvalue weighted by atomic mass is 32.1. The fraction of sp³-hybridized carbons (Fsp3) is 0.650. The van der Waals surface area contributed by atoms with Gasteiger partial charge in [-0.3, -0.25) is 0 Å². The molecule has 0 spiro atoms. The Kier molecular flexibility index (Phi) is 4.52. The number of benzene rings is 1. The number of piperidine rings is 1. The summed E-state index contributed by atoms with van der Waals surface area (Å²) in [7, 11) is 2.24. The van der Waals surface area contributed by atoms with Crippen molar-refractivity contribution in [2.75, 3.05) is 25.0 Å². The van der Waals surface area contributed by atoms with E-state index < -0.39 is 0 Å². The molecule has 2 atom stereocenters. The van der Waals surface area contributed by atoms with E-state index in [9.17, 15) is 0 Å². The normalized spacial score (nSPS) is 27.7. The Labute approximate surface area is 151 Å². The molecule has 2 aliphatic heterocycles. The highest BCUT2D eigenvalue weighted by Crippen LogP contribution is 2.45. The number of anilines is 1. The number of aryl methyl sites for hydroxylation is 1. The van der Waals surface area contributed by atoms with Crippen LogP contribution < -0.4 is 10.2 Å². The first-order valence-electron chi connectivity index (χ1n) is 9.52. The second-order valence-electron chi connectivity index (χ2n) is 7.94. The van der Waals surface area contributed by atoms with E-state index >= 15 is 0 Å². The van der Waals surface area contributed by atoms with Crippen molar-refractivity contribution in [1.29, 1.82) is 0 Å². The second-order valence-corrected chi connectivity index (χ2v) is 8.33. The Bertz CT molecular complexity index is 623. The van der Waals surface area contributed by atoms with Gasteiger partial charge in [-0.1, -0.05) is 37.0 Å². The minimum atomic E-state index is 0.529. The fourth-order valence-corrected chi connectivity index (χ4v) is 5.24. The Balaban J connectivity index is 1.60. The van der Waals surface area contributed by atoms with Gasteiger partial charge < -0.3 is 15.1 Å². The van der Waals surface area contributed by atoms with Crippen LogP contribution in [0, 0.1) is 6.92 Å². The van der Waals surface area contributed by atoms with Gasteiger partial charge in [-0.25, -0.2) is 0 Å². The van der Waals surface area contributed by atoms with Gasteiger partial charge in [-0.15, -0.1) is 0 Å². The number of nitrogens with zero attached hydrogens (tertiary/aromatic N) is 2. The summed E-state index contributed by atoms with van der Waals surface area (Å²) in [6.07, 6.45) is 7.80. The maximum absolute atomic E-state index is 5.90. The van der Waals surface area contributed by atoms with Crippen molar-refractivity contribution in [3.8, 4) is 0 Å². The van der Waals surface area contributed by atoms with Crippen LogP contribution in [0.1, 0.15) is 55.6 Å². The van der Waals surface area contributed by atoms with Gasteiger partial charge in [0, 0.05) is 30.2 Å². The third kappa shape index (κ3) is 2.95. The molecule has 1 aromatic rings. The summed E-state index contributed by atoms with van der Waals surface area (Å²) in [4.78, 5) is 4.92. The summed E-state index contributed by atoms with van der Waals surface area (Å²) < 4.78 is 0. The largest absolute Gasteiger partial charge is 0.360 e. The molecule has 0 amide bonds. The van der Waals surface area contributed by atoms with Crippen molar-refractivity contribution in [3.63, 3.8) is 0 Å². The molecule has 0 radical (unpaired) electrons. The Morgan fingerprint density at radius 1 is 1.17 bits per heavy atom. The molecule has 1 N–H and O–H groups in total. The molecule has 3 aliphatic rings. The number of rotatable bonds is 1. The van der Waals surface area contributed by atoms with Gasteiger partial charge in [-0.2, -0.15) is 0 Å². The molecule has 3 nitrogen and oxygen atoms in total. The number of fused-ring (bicyclic) bond motifs is 3. The predicted molar refractivity (Wildman–Crippen MR) is 105 cm³/mol. The van der Waals surface area contributed by atoms with Gasteiger partial charge in [0.1, 0.15) is 0 Å². The van der Waals surface area contributed by atoms with Crippen LogP contribution in [0.3, 0.4) is 0 Å². The average molecular weight is 344 g/mol. The van der Waals surface area contributed by atoms with Crippen LogP contribution in [0.2, 0.25) is 0 Å². The highest BCUT2D eigenvalue weighted by Gasteiger charge is 2.43. The fourth-order valence-electron chi connectivity index (χ4n) is 4.84. The number of hydrogen-bond acceptors (Lipinski definition) is 2. The van der Waals surface area contributed by atoms with E-state index in [0.717, 1.165) is 18.2 Å². The van der Waals surface area contributed by atoms with Crippen LogP contribution in [0.15, 0.2) is 18.2 Å². The minimum absolute atomic E-state index is 0.529. The van der Waals surface area contributed by atoms with Gasteiger partial charge in [0.15, 0.2) is 5.11 Å². The summed E-state index contributed by atoms with van der Waals surface area (Å²) in [5.41, 5.74) is 4.20. The first-order chi connectivity index (χ1) is 11.6. The monoisotopic (exact) mass is 343 g/mol. The van der Waals surface area contributed by atoms with Crippen LogP contribution in [0.25, 0.3) is 0 Å². The number of nitrogens with one attached hydrogen (secondary N) is 1. The van der Waals surface area contributed by atoms with Crippen molar-refractivity contribution >= 4 is 23.0 Å². The number of likely N-dealkylation sites (N-methyl/N-ethyl adjacent to an activating group) is 1. The molecule has 2 heterocycles. The lowest BCUT2D eigenvalue weighted by Gasteiger charge is -2.38. The standard InChI is InChI=1S/C20H29N3S/c1-14-8-9-18-16(12-14)17-13-22(2)11-10-19(17)23(18)20(24)21-15-6-4-3-5-7-15/h8-9,12,15,17,19H,3-7,10-11,13H2,1-2H3,(H,21,24)/t17-,19-/m0/s1. The zero-order valence-electron chi connectivity index (χ0n) is 14.9. The van der Waals surface area contributed by atoms with E-state index in [0.29, 0.717) is 18.0 Å². The van der Waals surface area contributed by atoms with Gasteiger partial charge in [0.2, 0.25) is 0 Å². The molecule has 1 aliphatic carbocycles. The van der Waals surface area contributed by atoms with Crippen LogP contribution in [-0.2, 0) is 0 Å². The zero-order valence-corrected chi connectivity index (χ0v) is 15.7. The summed E-state index contributed by atoms with van der Waals surface area (Å²) in [6, 6.07) is 8.01. The van der Waals surface area contributed by atoms with Gasteiger partial charge in [0.05, 0.1) is 0 Å². The van der Waals surface area contributed by atoms with Crippen LogP contribution in [0.4, 0.5) is 5.69 Å². The van der Waals surface area contributed by atoms with Gasteiger partial charge >= 0.3 is 0 Å². The Hall–Kier alpha value is -1.13. The summed E-state index contributed by atoms with van der Waals surface area (Å²) in [5, 5.41) is 4.67. The lowest BCUT2D eigenvalue weighted by molar-refractivity contribution is 0.236. The lowest BCUT2D eigenvalue weighted by atomic mass is 9.89. The number of likely N-dealkylation sites (tertiary alicyclic amines) is 1. The van der Waals surface area contributed by atoms with Crippen molar-refractivity contribution in [2.24, 2.45) is 0 Å². The molecule has 2 fully saturated rings. The van der Waals surface area contributed by atoms with Gasteiger partial charge in [-0.05, 0) is 63.6 Å². The van der Waals surface area contributed by atoms with E-state index in [1.54, 1.807) is 0 Å². The average Bonchev–Trinajstić information content (AvgIpc) is 2.89. The number of hydrogen-bond donors (Lipinski definition) is 1. The van der Waals surface area contributed by atoms with E-state index in [1.807, 2.05) is 0 Å². The topological polar surface area (TPSA) is 18.5 Å². The maximum atomic E-state index is 5.90.